The van der Waals surface area contributed by atoms with E-state index in [9.17, 15) is 9.50 Å². The van der Waals surface area contributed by atoms with E-state index in [1.807, 2.05) is 13.8 Å². The van der Waals surface area contributed by atoms with Crippen molar-refractivity contribution in [3.63, 3.8) is 0 Å². The maximum Gasteiger partial charge on any atom is 0.129 e. The van der Waals surface area contributed by atoms with Crippen LogP contribution in [0.15, 0.2) is 12.1 Å². The van der Waals surface area contributed by atoms with Gasteiger partial charge in [0, 0.05) is 5.56 Å². The Hall–Kier alpha value is -0.350. The lowest BCUT2D eigenvalue weighted by Gasteiger charge is -2.21. The van der Waals surface area contributed by atoms with E-state index in [2.05, 4.69) is 0 Å². The topological polar surface area (TPSA) is 46.2 Å². The summed E-state index contributed by atoms with van der Waals surface area (Å²) in [5.74, 6) is -0.0907. The van der Waals surface area contributed by atoms with Crippen LogP contribution in [0, 0.1) is 11.7 Å². The van der Waals surface area contributed by atoms with E-state index in [1.165, 1.54) is 12.1 Å². The molecule has 5 heteroatoms. The Bertz CT molecular complexity index is 412. The Morgan fingerprint density at radius 3 is 2.44 bits per heavy atom. The zero-order valence-corrected chi connectivity index (χ0v) is 12.0. The predicted molar refractivity (Wildman–Crippen MR) is 73.4 cm³/mol. The summed E-state index contributed by atoms with van der Waals surface area (Å²) in [5, 5.41) is 10.3. The van der Waals surface area contributed by atoms with Gasteiger partial charge in [-0.3, -0.25) is 0 Å². The second-order valence-corrected chi connectivity index (χ2v) is 5.61. The molecule has 0 saturated carbocycles. The third-order valence-electron chi connectivity index (χ3n) is 2.87. The van der Waals surface area contributed by atoms with Crippen molar-refractivity contribution in [3.8, 4) is 0 Å². The third kappa shape index (κ3) is 3.82. The minimum absolute atomic E-state index is 0.0766. The number of aliphatic hydroxyl groups excluding tert-OH is 1. The van der Waals surface area contributed by atoms with Crippen LogP contribution >= 0.6 is 23.2 Å². The lowest BCUT2D eigenvalue weighted by molar-refractivity contribution is 0.127. The SMILES string of the molecule is CC(C)CC[C@H](O)[C@H](N)c1c(F)ccc(Cl)c1Cl. The fourth-order valence-electron chi connectivity index (χ4n) is 1.72. The van der Waals surface area contributed by atoms with Crippen LogP contribution in [0.4, 0.5) is 4.39 Å². The quantitative estimate of drug-likeness (QED) is 0.808. The molecule has 0 amide bonds. The fraction of sp³-hybridized carbons (Fsp3) is 0.538. The molecule has 0 aliphatic rings. The lowest BCUT2D eigenvalue weighted by Crippen LogP contribution is -2.27. The molecule has 3 N–H and O–H groups in total. The molecule has 0 spiro atoms. The molecule has 0 fully saturated rings. The summed E-state index contributed by atoms with van der Waals surface area (Å²) in [5.41, 5.74) is 5.95. The van der Waals surface area contributed by atoms with Gasteiger partial charge in [0.15, 0.2) is 0 Å². The number of hydrogen-bond acceptors (Lipinski definition) is 2. The van der Waals surface area contributed by atoms with Crippen LogP contribution in [-0.4, -0.2) is 11.2 Å². The van der Waals surface area contributed by atoms with Gasteiger partial charge >= 0.3 is 0 Å². The Kier molecular flexibility index (Phi) is 5.86. The molecule has 1 rings (SSSR count). The van der Waals surface area contributed by atoms with E-state index in [-0.39, 0.29) is 15.6 Å². The van der Waals surface area contributed by atoms with E-state index in [0.717, 1.165) is 6.42 Å². The average molecular weight is 294 g/mol. The highest BCUT2D eigenvalue weighted by Gasteiger charge is 2.24. The number of rotatable bonds is 5. The van der Waals surface area contributed by atoms with Gasteiger partial charge in [-0.05, 0) is 30.9 Å². The standard InChI is InChI=1S/C13H18Cl2FNO/c1-7(2)3-6-10(18)13(17)11-9(16)5-4-8(14)12(11)15/h4-5,7,10,13,18H,3,6,17H2,1-2H3/t10-,13-/m0/s1. The van der Waals surface area contributed by atoms with E-state index in [1.54, 1.807) is 0 Å². The van der Waals surface area contributed by atoms with Gasteiger partial charge in [0.1, 0.15) is 5.82 Å². The van der Waals surface area contributed by atoms with Crippen molar-refractivity contribution >= 4 is 23.2 Å². The predicted octanol–water partition coefficient (Wildman–Crippen LogP) is 3.93. The second kappa shape index (κ2) is 6.71. The first-order chi connectivity index (χ1) is 8.34. The molecular weight excluding hydrogens is 276 g/mol. The van der Waals surface area contributed by atoms with Gasteiger partial charge in [0.05, 0.1) is 22.2 Å². The van der Waals surface area contributed by atoms with Crippen LogP contribution in [0.25, 0.3) is 0 Å². The molecule has 0 radical (unpaired) electrons. The van der Waals surface area contributed by atoms with Gasteiger partial charge in [0.2, 0.25) is 0 Å². The van der Waals surface area contributed by atoms with Gasteiger partial charge < -0.3 is 10.8 Å². The Morgan fingerprint density at radius 2 is 1.89 bits per heavy atom. The van der Waals surface area contributed by atoms with Gasteiger partial charge in [-0.1, -0.05) is 37.0 Å². The lowest BCUT2D eigenvalue weighted by atomic mass is 9.95. The molecule has 0 saturated heterocycles. The summed E-state index contributed by atoms with van der Waals surface area (Å²) in [4.78, 5) is 0. The molecule has 0 unspecified atom stereocenters. The zero-order chi connectivity index (χ0) is 13.9. The number of halogens is 3. The smallest absolute Gasteiger partial charge is 0.129 e. The van der Waals surface area contributed by atoms with Gasteiger partial charge in [0.25, 0.3) is 0 Å². The van der Waals surface area contributed by atoms with Crippen molar-refractivity contribution in [2.45, 2.75) is 38.8 Å². The summed E-state index contributed by atoms with van der Waals surface area (Å²) >= 11 is 11.8. The first-order valence-corrected chi connectivity index (χ1v) is 6.67. The number of hydrogen-bond donors (Lipinski definition) is 2. The molecule has 2 atom stereocenters. The molecule has 102 valence electrons. The van der Waals surface area contributed by atoms with Crippen molar-refractivity contribution in [2.24, 2.45) is 11.7 Å². The highest BCUT2D eigenvalue weighted by Crippen LogP contribution is 2.33. The van der Waals surface area contributed by atoms with E-state index in [0.29, 0.717) is 12.3 Å². The first kappa shape index (κ1) is 15.7. The molecule has 0 aromatic heterocycles. The number of nitrogens with two attached hydrogens (primary N) is 1. The van der Waals surface area contributed by atoms with Crippen LogP contribution in [0.2, 0.25) is 10.0 Å². The molecule has 1 aromatic carbocycles. The highest BCUT2D eigenvalue weighted by atomic mass is 35.5. The summed E-state index contributed by atoms with van der Waals surface area (Å²) in [7, 11) is 0. The van der Waals surface area contributed by atoms with E-state index >= 15 is 0 Å². The number of benzene rings is 1. The highest BCUT2D eigenvalue weighted by molar-refractivity contribution is 6.42. The van der Waals surface area contributed by atoms with Crippen LogP contribution in [-0.2, 0) is 0 Å². The van der Waals surface area contributed by atoms with Gasteiger partial charge in [-0.15, -0.1) is 0 Å². The number of aliphatic hydroxyl groups is 1. The molecular formula is C13H18Cl2FNO. The van der Waals surface area contributed by atoms with Crippen LogP contribution < -0.4 is 5.73 Å². The normalized spacial score (nSPS) is 14.9. The van der Waals surface area contributed by atoms with Crippen molar-refractivity contribution < 1.29 is 9.50 Å². The zero-order valence-electron chi connectivity index (χ0n) is 10.5. The minimum atomic E-state index is -0.866. The molecule has 0 aliphatic carbocycles. The van der Waals surface area contributed by atoms with Crippen molar-refractivity contribution in [3.05, 3.63) is 33.6 Å². The average Bonchev–Trinajstić information content (AvgIpc) is 2.31. The fourth-order valence-corrected chi connectivity index (χ4v) is 2.17. The molecule has 0 aliphatic heterocycles. The van der Waals surface area contributed by atoms with E-state index in [4.69, 9.17) is 28.9 Å². The van der Waals surface area contributed by atoms with Gasteiger partial charge in [-0.25, -0.2) is 4.39 Å². The molecule has 1 aromatic rings. The summed E-state index contributed by atoms with van der Waals surface area (Å²) in [6.07, 6.45) is 0.480. The van der Waals surface area contributed by atoms with E-state index < -0.39 is 18.0 Å². The molecule has 18 heavy (non-hydrogen) atoms. The van der Waals surface area contributed by atoms with Crippen LogP contribution in [0.5, 0.6) is 0 Å². The largest absolute Gasteiger partial charge is 0.391 e. The Labute approximate surface area is 117 Å². The first-order valence-electron chi connectivity index (χ1n) is 5.91. The maximum atomic E-state index is 13.7. The summed E-state index contributed by atoms with van der Waals surface area (Å²) in [6, 6.07) is 1.71. The molecule has 0 bridgehead atoms. The van der Waals surface area contributed by atoms with Crippen LogP contribution in [0.3, 0.4) is 0 Å². The Balaban J connectivity index is 2.89. The van der Waals surface area contributed by atoms with Crippen LogP contribution in [0.1, 0.15) is 38.3 Å². The molecule has 0 heterocycles. The van der Waals surface area contributed by atoms with Crippen molar-refractivity contribution in [1.82, 2.24) is 0 Å². The monoisotopic (exact) mass is 293 g/mol. The second-order valence-electron chi connectivity index (χ2n) is 4.82. The summed E-state index contributed by atoms with van der Waals surface area (Å²) < 4.78 is 13.7. The third-order valence-corrected chi connectivity index (χ3v) is 3.69. The molecule has 2 nitrogen and oxygen atoms in total. The van der Waals surface area contributed by atoms with Crippen molar-refractivity contribution in [1.29, 1.82) is 0 Å². The maximum absolute atomic E-state index is 13.7. The Morgan fingerprint density at radius 1 is 1.28 bits per heavy atom. The van der Waals surface area contributed by atoms with Crippen molar-refractivity contribution in [2.75, 3.05) is 0 Å². The van der Waals surface area contributed by atoms with Gasteiger partial charge in [-0.2, -0.15) is 0 Å². The summed E-state index contributed by atoms with van der Waals surface area (Å²) in [6.45, 7) is 4.09. The minimum Gasteiger partial charge on any atom is -0.391 e.